The third-order valence-corrected chi connectivity index (χ3v) is 4.06. The van der Waals surface area contributed by atoms with Gasteiger partial charge in [-0.25, -0.2) is 0 Å². The van der Waals surface area contributed by atoms with Crippen LogP contribution in [-0.4, -0.2) is 20.0 Å². The van der Waals surface area contributed by atoms with E-state index in [1.165, 1.54) is 5.57 Å². The van der Waals surface area contributed by atoms with Gasteiger partial charge >= 0.3 is 0 Å². The van der Waals surface area contributed by atoms with Gasteiger partial charge in [0.15, 0.2) is 5.78 Å². The van der Waals surface area contributed by atoms with Gasteiger partial charge in [0, 0.05) is 6.42 Å². The zero-order valence-corrected chi connectivity index (χ0v) is 13.1. The van der Waals surface area contributed by atoms with E-state index < -0.39 is 0 Å². The fourth-order valence-electron chi connectivity index (χ4n) is 2.62. The highest BCUT2D eigenvalue weighted by atomic mass is 16.5. The van der Waals surface area contributed by atoms with Crippen LogP contribution in [0.25, 0.3) is 6.08 Å². The Morgan fingerprint density at radius 3 is 2.38 bits per heavy atom. The van der Waals surface area contributed by atoms with Crippen LogP contribution in [0.1, 0.15) is 32.3 Å². The van der Waals surface area contributed by atoms with Crippen LogP contribution in [0.3, 0.4) is 0 Å². The lowest BCUT2D eigenvalue weighted by atomic mass is 9.84. The number of allylic oxidation sites excluding steroid dienone is 3. The lowest BCUT2D eigenvalue weighted by molar-refractivity contribution is -0.116. The summed E-state index contributed by atoms with van der Waals surface area (Å²) in [6.45, 7) is 3.96. The summed E-state index contributed by atoms with van der Waals surface area (Å²) in [5.41, 5.74) is 2.99. The molecule has 0 aromatic heterocycles. The van der Waals surface area contributed by atoms with Gasteiger partial charge in [0.05, 0.1) is 19.8 Å². The third-order valence-electron chi connectivity index (χ3n) is 4.06. The molecule has 1 atom stereocenters. The Bertz CT molecular complexity index is 574. The lowest BCUT2D eigenvalue weighted by Crippen LogP contribution is -2.15. The van der Waals surface area contributed by atoms with Crippen molar-refractivity contribution in [3.8, 4) is 11.5 Å². The zero-order valence-electron chi connectivity index (χ0n) is 13.1. The van der Waals surface area contributed by atoms with Gasteiger partial charge in [-0.1, -0.05) is 17.7 Å². The second-order valence-electron chi connectivity index (χ2n) is 5.41. The molecule has 112 valence electrons. The number of ether oxygens (including phenoxy) is 2. The Kier molecular flexibility index (Phi) is 4.84. The molecule has 1 aromatic carbocycles. The van der Waals surface area contributed by atoms with Crippen molar-refractivity contribution in [2.24, 2.45) is 5.92 Å². The highest BCUT2D eigenvalue weighted by Gasteiger charge is 2.21. The minimum absolute atomic E-state index is 0.242. The van der Waals surface area contributed by atoms with Crippen molar-refractivity contribution in [3.63, 3.8) is 0 Å². The topological polar surface area (TPSA) is 35.5 Å². The van der Waals surface area contributed by atoms with E-state index in [-0.39, 0.29) is 11.7 Å². The van der Waals surface area contributed by atoms with E-state index in [9.17, 15) is 4.79 Å². The Morgan fingerprint density at radius 2 is 1.86 bits per heavy atom. The van der Waals surface area contributed by atoms with E-state index in [4.69, 9.17) is 9.47 Å². The summed E-state index contributed by atoms with van der Waals surface area (Å²) in [6, 6.07) is 5.73. The van der Waals surface area contributed by atoms with Crippen LogP contribution < -0.4 is 9.47 Å². The maximum absolute atomic E-state index is 11.9. The van der Waals surface area contributed by atoms with Gasteiger partial charge in [-0.05, 0) is 50.0 Å². The molecule has 1 unspecified atom stereocenters. The molecule has 0 heterocycles. The number of carbonyl (C=O) groups excluding carboxylic acids is 1. The molecule has 0 bridgehead atoms. The molecule has 0 radical (unpaired) electrons. The first-order chi connectivity index (χ1) is 10.1. The minimum atomic E-state index is 0.242. The number of carbonyl (C=O) groups is 1. The number of Topliss-reactive ketones (excluding diaryl/α,β-unsaturated/α-hetero) is 1. The molecule has 2 rings (SSSR count). The molecule has 0 N–H and O–H groups in total. The van der Waals surface area contributed by atoms with E-state index in [0.717, 1.165) is 29.1 Å². The van der Waals surface area contributed by atoms with E-state index >= 15 is 0 Å². The molecular formula is C18H22O3. The van der Waals surface area contributed by atoms with Crippen molar-refractivity contribution in [1.82, 2.24) is 0 Å². The Morgan fingerprint density at radius 1 is 1.24 bits per heavy atom. The van der Waals surface area contributed by atoms with Crippen molar-refractivity contribution < 1.29 is 14.3 Å². The molecule has 21 heavy (non-hydrogen) atoms. The summed E-state index contributed by atoms with van der Waals surface area (Å²) >= 11 is 0. The first-order valence-electron chi connectivity index (χ1n) is 7.16. The molecule has 1 aromatic rings. The van der Waals surface area contributed by atoms with Crippen molar-refractivity contribution in [3.05, 3.63) is 41.0 Å². The molecule has 1 aliphatic rings. The SMILES string of the molecule is COc1cccc(OC)c1/C=C(\C)C1CC=C(C)C(=O)C1. The monoisotopic (exact) mass is 286 g/mol. The summed E-state index contributed by atoms with van der Waals surface area (Å²) in [5, 5.41) is 0. The summed E-state index contributed by atoms with van der Waals surface area (Å²) in [4.78, 5) is 11.9. The molecular weight excluding hydrogens is 264 g/mol. The molecule has 0 spiro atoms. The third kappa shape index (κ3) is 3.35. The van der Waals surface area contributed by atoms with Crippen molar-refractivity contribution in [2.75, 3.05) is 14.2 Å². The van der Waals surface area contributed by atoms with Gasteiger partial charge in [-0.15, -0.1) is 0 Å². The van der Waals surface area contributed by atoms with Crippen molar-refractivity contribution in [1.29, 1.82) is 0 Å². The average molecular weight is 286 g/mol. The average Bonchev–Trinajstić information content (AvgIpc) is 2.50. The smallest absolute Gasteiger partial charge is 0.158 e. The second-order valence-corrected chi connectivity index (χ2v) is 5.41. The number of hydrogen-bond acceptors (Lipinski definition) is 3. The highest BCUT2D eigenvalue weighted by molar-refractivity contribution is 5.96. The predicted molar refractivity (Wildman–Crippen MR) is 84.7 cm³/mol. The summed E-state index contributed by atoms with van der Waals surface area (Å²) in [7, 11) is 3.30. The fourth-order valence-corrected chi connectivity index (χ4v) is 2.62. The molecule has 3 heteroatoms. The van der Waals surface area contributed by atoms with Crippen LogP contribution in [0, 0.1) is 5.92 Å². The van der Waals surface area contributed by atoms with E-state index in [1.807, 2.05) is 31.2 Å². The normalized spacial score (nSPS) is 19.2. The van der Waals surface area contributed by atoms with Gasteiger partial charge in [-0.3, -0.25) is 4.79 Å². The van der Waals surface area contributed by atoms with E-state index in [1.54, 1.807) is 14.2 Å². The zero-order chi connectivity index (χ0) is 15.4. The van der Waals surface area contributed by atoms with E-state index in [2.05, 4.69) is 13.0 Å². The Hall–Kier alpha value is -2.03. The maximum atomic E-state index is 11.9. The molecule has 0 amide bonds. The lowest BCUT2D eigenvalue weighted by Gasteiger charge is -2.21. The van der Waals surface area contributed by atoms with Gasteiger partial charge in [0.2, 0.25) is 0 Å². The van der Waals surface area contributed by atoms with Crippen LogP contribution >= 0.6 is 0 Å². The van der Waals surface area contributed by atoms with Crippen molar-refractivity contribution in [2.45, 2.75) is 26.7 Å². The number of ketones is 1. The number of methoxy groups -OCH3 is 2. The van der Waals surface area contributed by atoms with E-state index in [0.29, 0.717) is 6.42 Å². The van der Waals surface area contributed by atoms with Crippen LogP contribution in [0.4, 0.5) is 0 Å². The van der Waals surface area contributed by atoms with Gasteiger partial charge in [0.1, 0.15) is 11.5 Å². The number of rotatable bonds is 4. The summed E-state index contributed by atoms with van der Waals surface area (Å²) in [6.07, 6.45) is 5.61. The highest BCUT2D eigenvalue weighted by Crippen LogP contribution is 2.34. The van der Waals surface area contributed by atoms with Gasteiger partial charge in [0.25, 0.3) is 0 Å². The number of hydrogen-bond donors (Lipinski definition) is 0. The van der Waals surface area contributed by atoms with Crippen LogP contribution in [0.2, 0.25) is 0 Å². The Labute approximate surface area is 126 Å². The first kappa shape index (κ1) is 15.4. The van der Waals surface area contributed by atoms with Crippen LogP contribution in [-0.2, 0) is 4.79 Å². The van der Waals surface area contributed by atoms with Gasteiger partial charge < -0.3 is 9.47 Å². The van der Waals surface area contributed by atoms with Crippen LogP contribution in [0.5, 0.6) is 11.5 Å². The summed E-state index contributed by atoms with van der Waals surface area (Å²) < 4.78 is 10.8. The summed E-state index contributed by atoms with van der Waals surface area (Å²) in [5.74, 6) is 2.06. The molecule has 3 nitrogen and oxygen atoms in total. The first-order valence-corrected chi connectivity index (χ1v) is 7.16. The quantitative estimate of drug-likeness (QED) is 0.838. The predicted octanol–water partition coefficient (Wildman–Crippen LogP) is 4.03. The Balaban J connectivity index is 2.33. The van der Waals surface area contributed by atoms with Gasteiger partial charge in [-0.2, -0.15) is 0 Å². The standard InChI is InChI=1S/C18H22O3/c1-12-8-9-14(11-16(12)19)13(2)10-15-17(20-3)6-5-7-18(15)21-4/h5-8,10,14H,9,11H2,1-4H3/b13-10+. The second kappa shape index (κ2) is 6.61. The minimum Gasteiger partial charge on any atom is -0.496 e. The number of benzene rings is 1. The molecule has 0 aliphatic heterocycles. The maximum Gasteiger partial charge on any atom is 0.158 e. The molecule has 1 aliphatic carbocycles. The molecule has 0 saturated heterocycles. The van der Waals surface area contributed by atoms with Crippen molar-refractivity contribution >= 4 is 11.9 Å². The molecule has 0 fully saturated rings. The van der Waals surface area contributed by atoms with Crippen LogP contribution in [0.15, 0.2) is 35.4 Å². The largest absolute Gasteiger partial charge is 0.496 e. The fraction of sp³-hybridized carbons (Fsp3) is 0.389. The molecule has 0 saturated carbocycles.